The predicted octanol–water partition coefficient (Wildman–Crippen LogP) is 1.75. The van der Waals surface area contributed by atoms with Gasteiger partial charge in [0.15, 0.2) is 0 Å². The molecule has 0 saturated heterocycles. The first kappa shape index (κ1) is 9.17. The highest BCUT2D eigenvalue weighted by Crippen LogP contribution is 2.38. The number of rotatable bonds is 2. The summed E-state index contributed by atoms with van der Waals surface area (Å²) < 4.78 is 0. The number of hydrogen-bond donors (Lipinski definition) is 0. The number of carbonyl (C=O) groups excluding carboxylic acids is 2. The average Bonchev–Trinajstić information content (AvgIpc) is 2.02. The molecule has 2 heteroatoms. The van der Waals surface area contributed by atoms with Crippen molar-refractivity contribution in [1.82, 2.24) is 0 Å². The van der Waals surface area contributed by atoms with Crippen molar-refractivity contribution < 1.29 is 9.59 Å². The fourth-order valence-electron chi connectivity index (χ4n) is 1.73. The van der Waals surface area contributed by atoms with Gasteiger partial charge in [0.2, 0.25) is 0 Å². The SMILES string of the molecule is CC1(C)CCC=C(C=O)C1C=O. The molecule has 1 atom stereocenters. The van der Waals surface area contributed by atoms with Crippen molar-refractivity contribution in [2.75, 3.05) is 0 Å². The second-order valence-electron chi connectivity index (χ2n) is 3.96. The third kappa shape index (κ3) is 1.47. The summed E-state index contributed by atoms with van der Waals surface area (Å²) in [7, 11) is 0. The van der Waals surface area contributed by atoms with Crippen LogP contribution in [-0.4, -0.2) is 12.6 Å². The van der Waals surface area contributed by atoms with Gasteiger partial charge in [-0.1, -0.05) is 19.9 Å². The van der Waals surface area contributed by atoms with E-state index in [0.717, 1.165) is 25.4 Å². The molecule has 0 aromatic rings. The van der Waals surface area contributed by atoms with Gasteiger partial charge in [-0.2, -0.15) is 0 Å². The topological polar surface area (TPSA) is 34.1 Å². The lowest BCUT2D eigenvalue weighted by Crippen LogP contribution is -2.30. The molecule has 12 heavy (non-hydrogen) atoms. The van der Waals surface area contributed by atoms with Gasteiger partial charge in [0.1, 0.15) is 12.6 Å². The Bertz CT molecular complexity index is 226. The van der Waals surface area contributed by atoms with Crippen molar-refractivity contribution >= 4 is 12.6 Å². The normalized spacial score (nSPS) is 27.5. The van der Waals surface area contributed by atoms with Gasteiger partial charge in [0, 0.05) is 5.92 Å². The van der Waals surface area contributed by atoms with Crippen LogP contribution in [0.3, 0.4) is 0 Å². The van der Waals surface area contributed by atoms with E-state index in [9.17, 15) is 9.59 Å². The second-order valence-corrected chi connectivity index (χ2v) is 3.96. The molecule has 0 aromatic carbocycles. The largest absolute Gasteiger partial charge is 0.303 e. The lowest BCUT2D eigenvalue weighted by molar-refractivity contribution is -0.115. The molecule has 0 fully saturated rings. The zero-order valence-electron chi connectivity index (χ0n) is 7.54. The Morgan fingerprint density at radius 2 is 2.17 bits per heavy atom. The second kappa shape index (κ2) is 3.21. The highest BCUT2D eigenvalue weighted by molar-refractivity contribution is 5.82. The van der Waals surface area contributed by atoms with E-state index in [-0.39, 0.29) is 11.3 Å². The van der Waals surface area contributed by atoms with E-state index < -0.39 is 0 Å². The number of aldehydes is 2. The fourth-order valence-corrected chi connectivity index (χ4v) is 1.73. The Morgan fingerprint density at radius 3 is 2.58 bits per heavy atom. The molecule has 0 saturated carbocycles. The summed E-state index contributed by atoms with van der Waals surface area (Å²) in [6, 6.07) is 0. The molecular formula is C10H14O2. The predicted molar refractivity (Wildman–Crippen MR) is 46.7 cm³/mol. The van der Waals surface area contributed by atoms with Crippen LogP contribution < -0.4 is 0 Å². The lowest BCUT2D eigenvalue weighted by atomic mass is 9.69. The molecule has 0 heterocycles. The molecule has 1 aliphatic rings. The number of carbonyl (C=O) groups is 2. The van der Waals surface area contributed by atoms with Crippen molar-refractivity contribution in [2.24, 2.45) is 11.3 Å². The van der Waals surface area contributed by atoms with Crippen LogP contribution in [0, 0.1) is 11.3 Å². The van der Waals surface area contributed by atoms with Gasteiger partial charge in [-0.15, -0.1) is 0 Å². The fraction of sp³-hybridized carbons (Fsp3) is 0.600. The van der Waals surface area contributed by atoms with Crippen LogP contribution in [0.1, 0.15) is 26.7 Å². The Morgan fingerprint density at radius 1 is 1.50 bits per heavy atom. The zero-order valence-corrected chi connectivity index (χ0v) is 7.54. The Kier molecular flexibility index (Phi) is 2.46. The molecule has 0 bridgehead atoms. The molecule has 0 aromatic heterocycles. The monoisotopic (exact) mass is 166 g/mol. The first-order valence-corrected chi connectivity index (χ1v) is 4.22. The van der Waals surface area contributed by atoms with Crippen molar-refractivity contribution in [2.45, 2.75) is 26.7 Å². The van der Waals surface area contributed by atoms with Crippen LogP contribution in [0.5, 0.6) is 0 Å². The molecule has 0 spiro atoms. The standard InChI is InChI=1S/C10H14O2/c1-10(2)5-3-4-8(6-11)9(10)7-12/h4,6-7,9H,3,5H2,1-2H3. The smallest absolute Gasteiger partial charge is 0.146 e. The highest BCUT2D eigenvalue weighted by atomic mass is 16.1. The molecule has 0 N–H and O–H groups in total. The average molecular weight is 166 g/mol. The summed E-state index contributed by atoms with van der Waals surface area (Å²) >= 11 is 0. The van der Waals surface area contributed by atoms with Gasteiger partial charge in [-0.25, -0.2) is 0 Å². The number of hydrogen-bond acceptors (Lipinski definition) is 2. The van der Waals surface area contributed by atoms with E-state index in [0.29, 0.717) is 5.57 Å². The first-order chi connectivity index (χ1) is 5.61. The van der Waals surface area contributed by atoms with Crippen LogP contribution in [-0.2, 0) is 9.59 Å². The Labute approximate surface area is 72.7 Å². The lowest BCUT2D eigenvalue weighted by Gasteiger charge is -2.33. The minimum absolute atomic E-state index is 0.0489. The van der Waals surface area contributed by atoms with Crippen LogP contribution in [0.25, 0.3) is 0 Å². The molecule has 1 unspecified atom stereocenters. The minimum atomic E-state index is -0.205. The molecule has 66 valence electrons. The van der Waals surface area contributed by atoms with Gasteiger partial charge >= 0.3 is 0 Å². The zero-order chi connectivity index (χ0) is 9.19. The van der Waals surface area contributed by atoms with Crippen LogP contribution in [0.2, 0.25) is 0 Å². The summed E-state index contributed by atoms with van der Waals surface area (Å²) in [6.07, 6.45) is 5.45. The van der Waals surface area contributed by atoms with Gasteiger partial charge in [0.05, 0.1) is 0 Å². The molecule has 1 rings (SSSR count). The Hall–Kier alpha value is -0.920. The maximum absolute atomic E-state index is 10.7. The first-order valence-electron chi connectivity index (χ1n) is 4.22. The third-order valence-electron chi connectivity index (χ3n) is 2.64. The quantitative estimate of drug-likeness (QED) is 0.585. The molecule has 0 amide bonds. The van der Waals surface area contributed by atoms with Crippen molar-refractivity contribution in [3.63, 3.8) is 0 Å². The van der Waals surface area contributed by atoms with Crippen molar-refractivity contribution in [1.29, 1.82) is 0 Å². The van der Waals surface area contributed by atoms with Crippen LogP contribution in [0.15, 0.2) is 11.6 Å². The molecule has 0 aliphatic heterocycles. The van der Waals surface area contributed by atoms with E-state index in [4.69, 9.17) is 0 Å². The molecule has 2 nitrogen and oxygen atoms in total. The third-order valence-corrected chi connectivity index (χ3v) is 2.64. The summed E-state index contributed by atoms with van der Waals surface area (Å²) in [5.41, 5.74) is 0.605. The Balaban J connectivity index is 2.96. The summed E-state index contributed by atoms with van der Waals surface area (Å²) in [5, 5.41) is 0. The molecular weight excluding hydrogens is 152 g/mol. The van der Waals surface area contributed by atoms with Gasteiger partial charge in [-0.05, 0) is 23.8 Å². The maximum Gasteiger partial charge on any atom is 0.146 e. The maximum atomic E-state index is 10.7. The molecule has 1 aliphatic carbocycles. The summed E-state index contributed by atoms with van der Waals surface area (Å²) in [5.74, 6) is -0.205. The van der Waals surface area contributed by atoms with E-state index in [2.05, 4.69) is 0 Å². The van der Waals surface area contributed by atoms with E-state index in [1.54, 1.807) is 0 Å². The number of allylic oxidation sites excluding steroid dienone is 2. The van der Waals surface area contributed by atoms with Gasteiger partial charge < -0.3 is 4.79 Å². The van der Waals surface area contributed by atoms with E-state index >= 15 is 0 Å². The molecule has 0 radical (unpaired) electrons. The van der Waals surface area contributed by atoms with E-state index in [1.165, 1.54) is 0 Å². The van der Waals surface area contributed by atoms with Crippen LogP contribution in [0.4, 0.5) is 0 Å². The van der Waals surface area contributed by atoms with Gasteiger partial charge in [0.25, 0.3) is 0 Å². The summed E-state index contributed by atoms with van der Waals surface area (Å²) in [6.45, 7) is 4.06. The van der Waals surface area contributed by atoms with Crippen LogP contribution >= 0.6 is 0 Å². The van der Waals surface area contributed by atoms with Crippen molar-refractivity contribution in [3.8, 4) is 0 Å². The summed E-state index contributed by atoms with van der Waals surface area (Å²) in [4.78, 5) is 21.3. The van der Waals surface area contributed by atoms with E-state index in [1.807, 2.05) is 19.9 Å². The van der Waals surface area contributed by atoms with Gasteiger partial charge in [-0.3, -0.25) is 4.79 Å². The van der Waals surface area contributed by atoms with Crippen molar-refractivity contribution in [3.05, 3.63) is 11.6 Å². The highest BCUT2D eigenvalue weighted by Gasteiger charge is 2.33. The minimum Gasteiger partial charge on any atom is -0.303 e.